The maximum atomic E-state index is 13.1. The van der Waals surface area contributed by atoms with Crippen LogP contribution in [-0.2, 0) is 13.2 Å². The number of aromatic amines is 1. The Morgan fingerprint density at radius 3 is 2.28 bits per heavy atom. The average molecular weight is 380 g/mol. The third-order valence-corrected chi connectivity index (χ3v) is 5.15. The number of fused-ring (bicyclic) bond motifs is 3. The highest BCUT2D eigenvalue weighted by Crippen LogP contribution is 2.32. The van der Waals surface area contributed by atoms with Crippen molar-refractivity contribution in [3.05, 3.63) is 113 Å². The number of aromatic nitrogens is 2. The summed E-state index contributed by atoms with van der Waals surface area (Å²) in [5, 5.41) is 1.83. The van der Waals surface area contributed by atoms with Crippen LogP contribution < -0.4 is 10.3 Å². The molecule has 142 valence electrons. The normalized spacial score (nSPS) is 11.2. The molecule has 4 heteroatoms. The van der Waals surface area contributed by atoms with E-state index in [0.717, 1.165) is 33.2 Å². The highest BCUT2D eigenvalue weighted by atomic mass is 16.5. The smallest absolute Gasteiger partial charge is 0.275 e. The van der Waals surface area contributed by atoms with Gasteiger partial charge in [0.05, 0.1) is 12.1 Å². The molecular formula is C25H20N2O2. The van der Waals surface area contributed by atoms with Gasteiger partial charge in [0.2, 0.25) is 0 Å². The first-order valence-electron chi connectivity index (χ1n) is 9.64. The van der Waals surface area contributed by atoms with Crippen LogP contribution in [0.4, 0.5) is 0 Å². The summed E-state index contributed by atoms with van der Waals surface area (Å²) in [7, 11) is 0. The third kappa shape index (κ3) is 3.29. The number of pyridine rings is 1. The molecule has 0 fully saturated rings. The molecule has 0 aliphatic heterocycles. The Bertz CT molecular complexity index is 1340. The molecule has 0 amide bonds. The van der Waals surface area contributed by atoms with Gasteiger partial charge in [0.1, 0.15) is 17.9 Å². The molecule has 0 unspecified atom stereocenters. The maximum absolute atomic E-state index is 13.1. The summed E-state index contributed by atoms with van der Waals surface area (Å²) in [5.41, 5.74) is 3.68. The van der Waals surface area contributed by atoms with Gasteiger partial charge in [-0.2, -0.15) is 0 Å². The van der Waals surface area contributed by atoms with E-state index in [1.54, 1.807) is 4.57 Å². The van der Waals surface area contributed by atoms with E-state index in [-0.39, 0.29) is 5.56 Å². The van der Waals surface area contributed by atoms with Gasteiger partial charge in [-0.25, -0.2) is 0 Å². The van der Waals surface area contributed by atoms with E-state index in [1.807, 2.05) is 91.1 Å². The molecule has 0 saturated heterocycles. The van der Waals surface area contributed by atoms with Crippen molar-refractivity contribution in [3.8, 4) is 5.75 Å². The number of benzene rings is 3. The standard InChI is InChI=1S/C25H20N2O2/c28-25-24-20(14-15-27(25)16-18-8-3-1-4-9-18)23-21(26-24)12-7-13-22(23)29-17-19-10-5-2-6-11-19/h1-15,26H,16-17H2. The van der Waals surface area contributed by atoms with Crippen LogP contribution >= 0.6 is 0 Å². The van der Waals surface area contributed by atoms with E-state index >= 15 is 0 Å². The Kier molecular flexibility index (Phi) is 4.37. The van der Waals surface area contributed by atoms with Gasteiger partial charge in [0, 0.05) is 17.0 Å². The Morgan fingerprint density at radius 2 is 1.52 bits per heavy atom. The van der Waals surface area contributed by atoms with Crippen LogP contribution in [0, 0.1) is 0 Å². The van der Waals surface area contributed by atoms with Crippen molar-refractivity contribution in [2.24, 2.45) is 0 Å². The number of nitrogens with one attached hydrogen (secondary N) is 1. The van der Waals surface area contributed by atoms with Crippen molar-refractivity contribution in [2.45, 2.75) is 13.2 Å². The van der Waals surface area contributed by atoms with E-state index in [1.165, 1.54) is 0 Å². The van der Waals surface area contributed by atoms with E-state index in [0.29, 0.717) is 18.7 Å². The summed E-state index contributed by atoms with van der Waals surface area (Å²) in [6.45, 7) is 1.03. The number of rotatable bonds is 5. The SMILES string of the molecule is O=c1c2[nH]c3cccc(OCc4ccccc4)c3c2ccn1Cc1ccccc1. The van der Waals surface area contributed by atoms with Crippen LogP contribution in [-0.4, -0.2) is 9.55 Å². The first kappa shape index (κ1) is 17.3. The average Bonchev–Trinajstić information content (AvgIpc) is 3.16. The molecule has 1 N–H and O–H groups in total. The summed E-state index contributed by atoms with van der Waals surface area (Å²) >= 11 is 0. The lowest BCUT2D eigenvalue weighted by Gasteiger charge is -2.08. The van der Waals surface area contributed by atoms with E-state index < -0.39 is 0 Å². The van der Waals surface area contributed by atoms with Crippen LogP contribution in [0.3, 0.4) is 0 Å². The lowest BCUT2D eigenvalue weighted by atomic mass is 10.1. The van der Waals surface area contributed by atoms with Crippen LogP contribution in [0.1, 0.15) is 11.1 Å². The van der Waals surface area contributed by atoms with E-state index in [9.17, 15) is 4.79 Å². The Hall–Kier alpha value is -3.79. The van der Waals surface area contributed by atoms with Crippen LogP contribution in [0.2, 0.25) is 0 Å². The second-order valence-electron chi connectivity index (χ2n) is 7.10. The van der Waals surface area contributed by atoms with Gasteiger partial charge in [0.25, 0.3) is 5.56 Å². The van der Waals surface area contributed by atoms with Crippen LogP contribution in [0.5, 0.6) is 5.75 Å². The largest absolute Gasteiger partial charge is 0.488 e. The van der Waals surface area contributed by atoms with E-state index in [4.69, 9.17) is 4.74 Å². The predicted octanol–water partition coefficient (Wildman–Crippen LogP) is 5.11. The molecule has 29 heavy (non-hydrogen) atoms. The second-order valence-corrected chi connectivity index (χ2v) is 7.10. The van der Waals surface area contributed by atoms with Crippen molar-refractivity contribution in [2.75, 3.05) is 0 Å². The van der Waals surface area contributed by atoms with Crippen molar-refractivity contribution < 1.29 is 4.74 Å². The number of ether oxygens (including phenoxy) is 1. The van der Waals surface area contributed by atoms with Gasteiger partial charge >= 0.3 is 0 Å². The third-order valence-electron chi connectivity index (χ3n) is 5.15. The molecule has 5 aromatic rings. The molecule has 2 aromatic heterocycles. The lowest BCUT2D eigenvalue weighted by Crippen LogP contribution is -2.20. The number of hydrogen-bond acceptors (Lipinski definition) is 2. The summed E-state index contributed by atoms with van der Waals surface area (Å²) in [4.78, 5) is 16.4. The highest BCUT2D eigenvalue weighted by molar-refractivity contribution is 6.10. The quantitative estimate of drug-likeness (QED) is 0.461. The van der Waals surface area contributed by atoms with Crippen molar-refractivity contribution in [3.63, 3.8) is 0 Å². The summed E-state index contributed by atoms with van der Waals surface area (Å²) in [6, 6.07) is 27.9. The molecule has 0 aliphatic carbocycles. The van der Waals surface area contributed by atoms with Crippen molar-refractivity contribution in [1.29, 1.82) is 0 Å². The first-order chi connectivity index (χ1) is 14.3. The zero-order chi connectivity index (χ0) is 19.6. The van der Waals surface area contributed by atoms with Gasteiger partial charge in [-0.15, -0.1) is 0 Å². The van der Waals surface area contributed by atoms with Gasteiger partial charge in [-0.1, -0.05) is 66.7 Å². The number of hydrogen-bond donors (Lipinski definition) is 1. The molecule has 0 bridgehead atoms. The zero-order valence-corrected chi connectivity index (χ0v) is 15.8. The molecule has 0 atom stereocenters. The Morgan fingerprint density at radius 1 is 0.793 bits per heavy atom. The molecule has 4 nitrogen and oxygen atoms in total. The van der Waals surface area contributed by atoms with Gasteiger partial charge in [-0.3, -0.25) is 4.79 Å². The van der Waals surface area contributed by atoms with Gasteiger partial charge < -0.3 is 14.3 Å². The van der Waals surface area contributed by atoms with Crippen molar-refractivity contribution >= 4 is 21.8 Å². The fourth-order valence-electron chi connectivity index (χ4n) is 3.71. The number of H-pyrrole nitrogens is 1. The fraction of sp³-hybridized carbons (Fsp3) is 0.0800. The molecule has 0 spiro atoms. The minimum atomic E-state index is -0.0310. The molecule has 3 aromatic carbocycles. The topological polar surface area (TPSA) is 47.0 Å². The first-order valence-corrected chi connectivity index (χ1v) is 9.64. The predicted molar refractivity (Wildman–Crippen MR) is 116 cm³/mol. The Labute approximate surface area is 168 Å². The van der Waals surface area contributed by atoms with Crippen molar-refractivity contribution in [1.82, 2.24) is 9.55 Å². The second kappa shape index (κ2) is 7.32. The van der Waals surface area contributed by atoms with Crippen LogP contribution in [0.25, 0.3) is 21.8 Å². The zero-order valence-electron chi connectivity index (χ0n) is 15.8. The Balaban J connectivity index is 1.55. The lowest BCUT2D eigenvalue weighted by molar-refractivity contribution is 0.310. The molecular weight excluding hydrogens is 360 g/mol. The van der Waals surface area contributed by atoms with Gasteiger partial charge in [-0.05, 0) is 29.3 Å². The molecule has 5 rings (SSSR count). The van der Waals surface area contributed by atoms with Crippen LogP contribution in [0.15, 0.2) is 95.9 Å². The molecule has 0 radical (unpaired) electrons. The molecule has 0 saturated carbocycles. The fourth-order valence-corrected chi connectivity index (χ4v) is 3.71. The maximum Gasteiger partial charge on any atom is 0.275 e. The highest BCUT2D eigenvalue weighted by Gasteiger charge is 2.13. The molecule has 2 heterocycles. The van der Waals surface area contributed by atoms with E-state index in [2.05, 4.69) is 4.98 Å². The monoisotopic (exact) mass is 380 g/mol. The summed E-state index contributed by atoms with van der Waals surface area (Å²) < 4.78 is 7.84. The summed E-state index contributed by atoms with van der Waals surface area (Å²) in [5.74, 6) is 0.776. The number of nitrogens with zero attached hydrogens (tertiary/aromatic N) is 1. The minimum absolute atomic E-state index is 0.0310. The summed E-state index contributed by atoms with van der Waals surface area (Å²) in [6.07, 6.45) is 1.86. The minimum Gasteiger partial charge on any atom is -0.488 e. The van der Waals surface area contributed by atoms with Gasteiger partial charge in [0.15, 0.2) is 0 Å². The molecule has 0 aliphatic rings.